The van der Waals surface area contributed by atoms with Gasteiger partial charge in [-0.15, -0.1) is 11.3 Å². The number of nitrogens with one attached hydrogen (secondary N) is 2. The number of hydrogen-bond donors (Lipinski definition) is 3. The van der Waals surface area contributed by atoms with Crippen molar-refractivity contribution in [2.24, 2.45) is 0 Å². The molecule has 1 aromatic heterocycles. The van der Waals surface area contributed by atoms with Crippen LogP contribution < -0.4 is 10.6 Å². The average molecular weight is 281 g/mol. The number of amides is 1. The Kier molecular flexibility index (Phi) is 3.14. The number of rotatable bonds is 3. The van der Waals surface area contributed by atoms with Gasteiger partial charge in [-0.2, -0.15) is 0 Å². The van der Waals surface area contributed by atoms with E-state index in [0.717, 1.165) is 28.5 Å². The first-order chi connectivity index (χ1) is 9.13. The Morgan fingerprint density at radius 3 is 2.95 bits per heavy atom. The minimum atomic E-state index is -0.791. The molecule has 2 heterocycles. The van der Waals surface area contributed by atoms with E-state index in [4.69, 9.17) is 5.11 Å². The molecule has 0 bridgehead atoms. The van der Waals surface area contributed by atoms with Gasteiger partial charge in [0.2, 0.25) is 5.91 Å². The number of carboxylic acids is 1. The number of nitrogens with zero attached hydrogens (tertiary/aromatic N) is 1. The van der Waals surface area contributed by atoms with Crippen molar-refractivity contribution in [2.45, 2.75) is 37.6 Å². The lowest BCUT2D eigenvalue weighted by Crippen LogP contribution is -2.41. The first-order valence-electron chi connectivity index (χ1n) is 6.39. The molecule has 0 saturated carbocycles. The van der Waals surface area contributed by atoms with Crippen molar-refractivity contribution in [1.29, 1.82) is 0 Å². The number of aliphatic carboxylic acids is 1. The molecule has 2 aliphatic rings. The molecule has 1 saturated heterocycles. The maximum absolute atomic E-state index is 11.1. The molecule has 102 valence electrons. The van der Waals surface area contributed by atoms with Crippen molar-refractivity contribution in [3.05, 3.63) is 10.6 Å². The molecule has 7 heteroatoms. The smallest absolute Gasteiger partial charge is 0.312 e. The number of fused-ring (bicyclic) bond motifs is 1. The SMILES string of the molecule is O=C1CCC(Nc2nc3c(s2)CCC3C(=O)O)CN1. The summed E-state index contributed by atoms with van der Waals surface area (Å²) in [6.07, 6.45) is 2.77. The third kappa shape index (κ3) is 2.42. The van der Waals surface area contributed by atoms with Crippen LogP contribution in [-0.2, 0) is 16.0 Å². The summed E-state index contributed by atoms with van der Waals surface area (Å²) in [7, 11) is 0. The molecule has 19 heavy (non-hydrogen) atoms. The fourth-order valence-corrected chi connectivity index (χ4v) is 3.68. The largest absolute Gasteiger partial charge is 0.481 e. The van der Waals surface area contributed by atoms with E-state index in [9.17, 15) is 9.59 Å². The summed E-state index contributed by atoms with van der Waals surface area (Å²) in [6, 6.07) is 0.187. The highest BCUT2D eigenvalue weighted by atomic mass is 32.1. The van der Waals surface area contributed by atoms with Crippen LogP contribution in [0.2, 0.25) is 0 Å². The molecule has 1 aromatic rings. The van der Waals surface area contributed by atoms with Gasteiger partial charge in [-0.05, 0) is 19.3 Å². The molecule has 0 radical (unpaired) electrons. The number of piperidine rings is 1. The fourth-order valence-electron chi connectivity index (χ4n) is 2.56. The fraction of sp³-hybridized carbons (Fsp3) is 0.583. The van der Waals surface area contributed by atoms with E-state index < -0.39 is 11.9 Å². The third-order valence-corrected chi connectivity index (χ3v) is 4.67. The Morgan fingerprint density at radius 1 is 1.42 bits per heavy atom. The number of aryl methyl sites for hydroxylation is 1. The summed E-state index contributed by atoms with van der Waals surface area (Å²) in [5, 5.41) is 16.0. The lowest BCUT2D eigenvalue weighted by molar-refractivity contribution is -0.138. The van der Waals surface area contributed by atoms with Gasteiger partial charge in [0.05, 0.1) is 5.69 Å². The topological polar surface area (TPSA) is 91.3 Å². The van der Waals surface area contributed by atoms with Gasteiger partial charge >= 0.3 is 5.97 Å². The Morgan fingerprint density at radius 2 is 2.26 bits per heavy atom. The van der Waals surface area contributed by atoms with Crippen LogP contribution in [0.1, 0.15) is 35.8 Å². The van der Waals surface area contributed by atoms with Gasteiger partial charge in [0.1, 0.15) is 5.92 Å². The van der Waals surface area contributed by atoms with E-state index in [0.29, 0.717) is 19.4 Å². The Hall–Kier alpha value is -1.63. The van der Waals surface area contributed by atoms with Crippen LogP contribution in [0.4, 0.5) is 5.13 Å². The maximum Gasteiger partial charge on any atom is 0.312 e. The molecule has 2 atom stereocenters. The number of aromatic nitrogens is 1. The molecular weight excluding hydrogens is 266 g/mol. The first-order valence-corrected chi connectivity index (χ1v) is 7.21. The Labute approximate surface area is 114 Å². The first kappa shape index (κ1) is 12.4. The van der Waals surface area contributed by atoms with E-state index in [1.807, 2.05) is 0 Å². The van der Waals surface area contributed by atoms with E-state index in [2.05, 4.69) is 15.6 Å². The van der Waals surface area contributed by atoms with E-state index >= 15 is 0 Å². The molecule has 2 unspecified atom stereocenters. The van der Waals surface area contributed by atoms with Crippen molar-refractivity contribution in [3.63, 3.8) is 0 Å². The van der Waals surface area contributed by atoms with Crippen molar-refractivity contribution < 1.29 is 14.7 Å². The van der Waals surface area contributed by atoms with Crippen LogP contribution in [0.15, 0.2) is 0 Å². The van der Waals surface area contributed by atoms with Crippen LogP contribution in [0.3, 0.4) is 0 Å². The molecule has 0 spiro atoms. The Balaban J connectivity index is 1.69. The molecule has 3 rings (SSSR count). The molecule has 1 aliphatic heterocycles. The minimum Gasteiger partial charge on any atom is -0.481 e. The summed E-state index contributed by atoms with van der Waals surface area (Å²) >= 11 is 1.54. The van der Waals surface area contributed by atoms with E-state index in [1.165, 1.54) is 11.3 Å². The van der Waals surface area contributed by atoms with Crippen molar-refractivity contribution in [1.82, 2.24) is 10.3 Å². The second-order valence-electron chi connectivity index (χ2n) is 4.94. The highest BCUT2D eigenvalue weighted by Crippen LogP contribution is 2.38. The van der Waals surface area contributed by atoms with Crippen molar-refractivity contribution in [2.75, 3.05) is 11.9 Å². The molecule has 0 aromatic carbocycles. The lowest BCUT2D eigenvalue weighted by Gasteiger charge is -2.23. The summed E-state index contributed by atoms with van der Waals surface area (Å²) in [4.78, 5) is 27.7. The number of hydrogen-bond acceptors (Lipinski definition) is 5. The zero-order valence-electron chi connectivity index (χ0n) is 10.3. The molecule has 1 fully saturated rings. The van der Waals surface area contributed by atoms with Crippen LogP contribution in [0.5, 0.6) is 0 Å². The molecule has 3 N–H and O–H groups in total. The zero-order valence-corrected chi connectivity index (χ0v) is 11.1. The number of thiazole rings is 1. The summed E-state index contributed by atoms with van der Waals surface area (Å²) < 4.78 is 0. The van der Waals surface area contributed by atoms with Gasteiger partial charge in [-0.25, -0.2) is 4.98 Å². The van der Waals surface area contributed by atoms with Gasteiger partial charge in [0.15, 0.2) is 5.13 Å². The van der Waals surface area contributed by atoms with Crippen LogP contribution in [0, 0.1) is 0 Å². The number of carbonyl (C=O) groups excluding carboxylic acids is 1. The molecular formula is C12H15N3O3S. The van der Waals surface area contributed by atoms with Gasteiger partial charge in [0.25, 0.3) is 0 Å². The number of carboxylic acid groups (broad SMARTS) is 1. The normalized spacial score (nSPS) is 25.8. The van der Waals surface area contributed by atoms with E-state index in [1.54, 1.807) is 0 Å². The average Bonchev–Trinajstić information content (AvgIpc) is 2.91. The highest BCUT2D eigenvalue weighted by Gasteiger charge is 2.32. The lowest BCUT2D eigenvalue weighted by atomic mass is 10.1. The van der Waals surface area contributed by atoms with Crippen molar-refractivity contribution in [3.8, 4) is 0 Å². The second kappa shape index (κ2) is 4.80. The van der Waals surface area contributed by atoms with Crippen LogP contribution in [0.25, 0.3) is 0 Å². The summed E-state index contributed by atoms with van der Waals surface area (Å²) in [6.45, 7) is 0.603. The number of carbonyl (C=O) groups is 2. The monoisotopic (exact) mass is 281 g/mol. The highest BCUT2D eigenvalue weighted by molar-refractivity contribution is 7.15. The minimum absolute atomic E-state index is 0.0885. The Bertz CT molecular complexity index is 518. The quantitative estimate of drug-likeness (QED) is 0.767. The van der Waals surface area contributed by atoms with Gasteiger partial charge in [-0.3, -0.25) is 9.59 Å². The van der Waals surface area contributed by atoms with Crippen LogP contribution >= 0.6 is 11.3 Å². The summed E-state index contributed by atoms with van der Waals surface area (Å²) in [5.74, 6) is -1.15. The molecule has 1 amide bonds. The zero-order chi connectivity index (χ0) is 13.4. The van der Waals surface area contributed by atoms with E-state index in [-0.39, 0.29) is 11.9 Å². The predicted octanol–water partition coefficient (Wildman–Crippen LogP) is 0.948. The van der Waals surface area contributed by atoms with Gasteiger partial charge in [0, 0.05) is 23.9 Å². The van der Waals surface area contributed by atoms with Gasteiger partial charge < -0.3 is 15.7 Å². The van der Waals surface area contributed by atoms with Crippen molar-refractivity contribution >= 4 is 28.3 Å². The molecule has 6 nitrogen and oxygen atoms in total. The van der Waals surface area contributed by atoms with Crippen LogP contribution in [-0.4, -0.2) is 34.6 Å². The number of anilines is 1. The second-order valence-corrected chi connectivity index (χ2v) is 6.02. The third-order valence-electron chi connectivity index (χ3n) is 3.61. The maximum atomic E-state index is 11.1. The predicted molar refractivity (Wildman–Crippen MR) is 70.5 cm³/mol. The van der Waals surface area contributed by atoms with Gasteiger partial charge in [-0.1, -0.05) is 0 Å². The summed E-state index contributed by atoms with van der Waals surface area (Å²) in [5.41, 5.74) is 0.722. The molecule has 1 aliphatic carbocycles. The standard InChI is InChI=1S/C12H15N3O3S/c16-9-4-1-6(5-13-9)14-12-15-10-7(11(17)18)2-3-8(10)19-12/h6-7H,1-5H2,(H,13,16)(H,14,15)(H,17,18).